The lowest BCUT2D eigenvalue weighted by Gasteiger charge is -2.17. The SMILES string of the molecule is O=C(O)[C@@H]1C[C@@H]1[C@@H]1C[C@@H]1NS(=O)(=O)c1ccc2c(c1)COCC2. The Balaban J connectivity index is 1.44. The lowest BCUT2D eigenvalue weighted by molar-refractivity contribution is -0.138. The van der Waals surface area contributed by atoms with Crippen molar-refractivity contribution >= 4 is 16.0 Å². The summed E-state index contributed by atoms with van der Waals surface area (Å²) in [5.41, 5.74) is 2.07. The van der Waals surface area contributed by atoms with E-state index in [0.29, 0.717) is 19.6 Å². The van der Waals surface area contributed by atoms with Crippen LogP contribution in [0.1, 0.15) is 24.0 Å². The summed E-state index contributed by atoms with van der Waals surface area (Å²) in [4.78, 5) is 11.2. The molecule has 6 nitrogen and oxygen atoms in total. The average Bonchev–Trinajstić information content (AvgIpc) is 3.40. The van der Waals surface area contributed by atoms with E-state index in [0.717, 1.165) is 24.0 Å². The van der Waals surface area contributed by atoms with Crippen molar-refractivity contribution in [2.45, 2.75) is 36.8 Å². The van der Waals surface area contributed by atoms with Gasteiger partial charge >= 0.3 is 5.97 Å². The molecule has 0 bridgehead atoms. The fraction of sp³-hybridized carbons (Fsp3) is 0.562. The van der Waals surface area contributed by atoms with E-state index < -0.39 is 16.0 Å². The van der Waals surface area contributed by atoms with Gasteiger partial charge in [-0.15, -0.1) is 0 Å². The van der Waals surface area contributed by atoms with Gasteiger partial charge in [-0.3, -0.25) is 4.79 Å². The molecule has 0 aromatic heterocycles. The van der Waals surface area contributed by atoms with E-state index in [4.69, 9.17) is 9.84 Å². The van der Waals surface area contributed by atoms with Crippen molar-refractivity contribution in [3.05, 3.63) is 29.3 Å². The standard InChI is InChI=1S/C16H19NO5S/c18-16(19)14-6-12(14)13-7-15(13)17-23(20,21)11-2-1-9-3-4-22-8-10(9)5-11/h1-2,5,12-15,17H,3-4,6-8H2,(H,18,19)/t12-,13+,14-,15+/m1/s1. The van der Waals surface area contributed by atoms with E-state index >= 15 is 0 Å². The highest BCUT2D eigenvalue weighted by molar-refractivity contribution is 7.89. The van der Waals surface area contributed by atoms with E-state index in [-0.39, 0.29) is 28.7 Å². The van der Waals surface area contributed by atoms with Gasteiger partial charge in [0.1, 0.15) is 0 Å². The minimum atomic E-state index is -3.56. The Bertz CT molecular complexity index is 760. The summed E-state index contributed by atoms with van der Waals surface area (Å²) < 4.78 is 33.1. The lowest BCUT2D eigenvalue weighted by atomic mass is 10.0. The molecule has 7 heteroatoms. The summed E-state index contributed by atoms with van der Waals surface area (Å²) >= 11 is 0. The fourth-order valence-electron chi connectivity index (χ4n) is 3.57. The number of hydrogen-bond acceptors (Lipinski definition) is 4. The van der Waals surface area contributed by atoms with Crippen LogP contribution in [0.15, 0.2) is 23.1 Å². The molecular weight excluding hydrogens is 318 g/mol. The Morgan fingerprint density at radius 1 is 1.22 bits per heavy atom. The summed E-state index contributed by atoms with van der Waals surface area (Å²) in [6.45, 7) is 1.13. The van der Waals surface area contributed by atoms with Crippen LogP contribution in [0.4, 0.5) is 0 Å². The van der Waals surface area contributed by atoms with Gasteiger partial charge in [0.25, 0.3) is 0 Å². The highest BCUT2D eigenvalue weighted by Crippen LogP contribution is 2.54. The van der Waals surface area contributed by atoms with Crippen LogP contribution in [0.2, 0.25) is 0 Å². The maximum absolute atomic E-state index is 12.5. The summed E-state index contributed by atoms with van der Waals surface area (Å²) in [6, 6.07) is 5.06. The first kappa shape index (κ1) is 15.1. The third-order valence-electron chi connectivity index (χ3n) is 5.11. The Labute approximate surface area is 134 Å². The van der Waals surface area contributed by atoms with Crippen molar-refractivity contribution in [1.29, 1.82) is 0 Å². The highest BCUT2D eigenvalue weighted by atomic mass is 32.2. The minimum absolute atomic E-state index is 0.123. The lowest BCUT2D eigenvalue weighted by Crippen LogP contribution is -2.28. The first-order valence-electron chi connectivity index (χ1n) is 7.90. The molecule has 0 spiro atoms. The smallest absolute Gasteiger partial charge is 0.306 e. The van der Waals surface area contributed by atoms with Crippen LogP contribution >= 0.6 is 0 Å². The van der Waals surface area contributed by atoms with Crippen LogP contribution in [0.3, 0.4) is 0 Å². The molecule has 4 rings (SSSR count). The van der Waals surface area contributed by atoms with Crippen LogP contribution in [0, 0.1) is 17.8 Å². The first-order valence-corrected chi connectivity index (χ1v) is 9.39. The van der Waals surface area contributed by atoms with Crippen LogP contribution in [-0.2, 0) is 32.6 Å². The van der Waals surface area contributed by atoms with Crippen molar-refractivity contribution in [3.63, 3.8) is 0 Å². The van der Waals surface area contributed by atoms with Crippen molar-refractivity contribution in [3.8, 4) is 0 Å². The van der Waals surface area contributed by atoms with Crippen molar-refractivity contribution in [2.24, 2.45) is 17.8 Å². The Hall–Kier alpha value is -1.44. The molecule has 0 unspecified atom stereocenters. The molecule has 0 amide bonds. The maximum atomic E-state index is 12.5. The number of sulfonamides is 1. The molecule has 1 aromatic rings. The van der Waals surface area contributed by atoms with E-state index in [1.54, 1.807) is 12.1 Å². The summed E-state index contributed by atoms with van der Waals surface area (Å²) in [5.74, 6) is -0.738. The van der Waals surface area contributed by atoms with Gasteiger partial charge in [0.2, 0.25) is 10.0 Å². The molecular formula is C16H19NO5S. The van der Waals surface area contributed by atoms with Crippen molar-refractivity contribution in [1.82, 2.24) is 4.72 Å². The summed E-state index contributed by atoms with van der Waals surface area (Å²) in [5, 5.41) is 8.96. The number of rotatable bonds is 5. The number of benzene rings is 1. The van der Waals surface area contributed by atoms with Crippen LogP contribution in [-0.4, -0.2) is 32.1 Å². The zero-order chi connectivity index (χ0) is 16.2. The predicted octanol–water partition coefficient (Wildman–Crippen LogP) is 1.15. The molecule has 0 radical (unpaired) electrons. The van der Waals surface area contributed by atoms with Crippen molar-refractivity contribution < 1.29 is 23.1 Å². The van der Waals surface area contributed by atoms with Crippen LogP contribution < -0.4 is 4.72 Å². The number of carbonyl (C=O) groups is 1. The zero-order valence-electron chi connectivity index (χ0n) is 12.6. The van der Waals surface area contributed by atoms with Crippen LogP contribution in [0.5, 0.6) is 0 Å². The van der Waals surface area contributed by atoms with Gasteiger partial charge in [-0.05, 0) is 54.4 Å². The molecule has 2 N–H and O–H groups in total. The number of nitrogens with one attached hydrogen (secondary N) is 1. The molecule has 3 aliphatic rings. The van der Waals surface area contributed by atoms with Gasteiger partial charge in [0.15, 0.2) is 0 Å². The Morgan fingerprint density at radius 3 is 2.78 bits per heavy atom. The molecule has 124 valence electrons. The topological polar surface area (TPSA) is 92.7 Å². The van der Waals surface area contributed by atoms with E-state index in [1.807, 2.05) is 6.07 Å². The second-order valence-electron chi connectivity index (χ2n) is 6.70. The molecule has 2 aliphatic carbocycles. The quantitative estimate of drug-likeness (QED) is 0.841. The van der Waals surface area contributed by atoms with Crippen molar-refractivity contribution in [2.75, 3.05) is 6.61 Å². The highest BCUT2D eigenvalue weighted by Gasteiger charge is 2.57. The van der Waals surface area contributed by atoms with E-state index in [9.17, 15) is 13.2 Å². The number of aliphatic carboxylic acids is 1. The number of carboxylic acids is 1. The normalized spacial score (nSPS) is 32.2. The van der Waals surface area contributed by atoms with E-state index in [2.05, 4.69) is 4.72 Å². The minimum Gasteiger partial charge on any atom is -0.481 e. The third kappa shape index (κ3) is 2.88. The fourth-order valence-corrected chi connectivity index (χ4v) is 4.92. The second-order valence-corrected chi connectivity index (χ2v) is 8.42. The van der Waals surface area contributed by atoms with Gasteiger partial charge < -0.3 is 9.84 Å². The molecule has 2 fully saturated rings. The van der Waals surface area contributed by atoms with Gasteiger partial charge in [-0.25, -0.2) is 13.1 Å². The Kier molecular flexibility index (Phi) is 3.48. The number of carboxylic acid groups (broad SMARTS) is 1. The number of ether oxygens (including phenoxy) is 1. The van der Waals surface area contributed by atoms with E-state index in [1.165, 1.54) is 0 Å². The van der Waals surface area contributed by atoms with Crippen LogP contribution in [0.25, 0.3) is 0 Å². The Morgan fingerprint density at radius 2 is 2.04 bits per heavy atom. The first-order chi connectivity index (χ1) is 11.0. The predicted molar refractivity (Wildman–Crippen MR) is 81.3 cm³/mol. The van der Waals surface area contributed by atoms with Gasteiger partial charge in [-0.2, -0.15) is 0 Å². The molecule has 23 heavy (non-hydrogen) atoms. The molecule has 1 heterocycles. The molecule has 4 atom stereocenters. The molecule has 1 aliphatic heterocycles. The number of hydrogen-bond donors (Lipinski definition) is 2. The molecule has 1 aromatic carbocycles. The number of fused-ring (bicyclic) bond motifs is 1. The monoisotopic (exact) mass is 337 g/mol. The third-order valence-corrected chi connectivity index (χ3v) is 6.60. The largest absolute Gasteiger partial charge is 0.481 e. The van der Waals surface area contributed by atoms with Gasteiger partial charge in [0, 0.05) is 6.04 Å². The zero-order valence-corrected chi connectivity index (χ0v) is 13.4. The second kappa shape index (κ2) is 5.29. The summed E-state index contributed by atoms with van der Waals surface area (Å²) in [6.07, 6.45) is 2.22. The summed E-state index contributed by atoms with van der Waals surface area (Å²) in [7, 11) is -3.56. The molecule has 2 saturated carbocycles. The molecule has 0 saturated heterocycles. The van der Waals surface area contributed by atoms with Gasteiger partial charge in [0.05, 0.1) is 24.0 Å². The van der Waals surface area contributed by atoms with Gasteiger partial charge in [-0.1, -0.05) is 6.07 Å². The maximum Gasteiger partial charge on any atom is 0.306 e. The average molecular weight is 337 g/mol.